The van der Waals surface area contributed by atoms with Crippen molar-refractivity contribution in [2.45, 2.75) is 45.2 Å². The first-order valence-corrected chi connectivity index (χ1v) is 11.4. The molecule has 1 saturated heterocycles. The predicted octanol–water partition coefficient (Wildman–Crippen LogP) is 1.68. The van der Waals surface area contributed by atoms with Gasteiger partial charge in [-0.15, -0.1) is 0 Å². The molecule has 0 bridgehead atoms. The second-order valence-electron chi connectivity index (χ2n) is 9.47. The number of carbonyl (C=O) groups is 2. The summed E-state index contributed by atoms with van der Waals surface area (Å²) < 4.78 is 8.19. The van der Waals surface area contributed by atoms with Crippen molar-refractivity contribution in [1.29, 1.82) is 0 Å². The standard InChI is InChI=1S/C24H27N5O5/c1-24(8-10-34-11-9-24)13-28-18-12-17(15-4-2-3-5-16(15)20(25)30)27-29(18)23(33)19(22(28)32)21(31)26-14-6-7-14/h2-5,12,14,32H,6-11,13H2,1H3,(H2,25,30)(H,26,31). The van der Waals surface area contributed by atoms with E-state index in [1.807, 2.05) is 0 Å². The number of ether oxygens (including phenoxy) is 1. The van der Waals surface area contributed by atoms with Crippen molar-refractivity contribution in [2.75, 3.05) is 13.2 Å². The number of hydrogen-bond donors (Lipinski definition) is 3. The van der Waals surface area contributed by atoms with E-state index in [-0.39, 0.29) is 22.6 Å². The van der Waals surface area contributed by atoms with Crippen molar-refractivity contribution in [3.05, 3.63) is 51.8 Å². The maximum absolute atomic E-state index is 13.3. The van der Waals surface area contributed by atoms with Crippen LogP contribution in [-0.2, 0) is 11.3 Å². The lowest BCUT2D eigenvalue weighted by Crippen LogP contribution is -2.36. The zero-order valence-corrected chi connectivity index (χ0v) is 18.9. The molecule has 0 spiro atoms. The molecule has 1 saturated carbocycles. The number of rotatable bonds is 6. The van der Waals surface area contributed by atoms with Crippen molar-refractivity contribution in [2.24, 2.45) is 11.1 Å². The molecule has 10 heteroatoms. The van der Waals surface area contributed by atoms with Gasteiger partial charge in [0, 0.05) is 43.0 Å². The summed E-state index contributed by atoms with van der Waals surface area (Å²) in [6.07, 6.45) is 3.22. The van der Waals surface area contributed by atoms with E-state index in [0.717, 1.165) is 30.2 Å². The molecule has 3 aromatic rings. The Labute approximate surface area is 195 Å². The van der Waals surface area contributed by atoms with Gasteiger partial charge in [0.25, 0.3) is 11.5 Å². The van der Waals surface area contributed by atoms with Crippen LogP contribution in [0, 0.1) is 5.41 Å². The molecule has 0 atom stereocenters. The molecule has 1 aliphatic heterocycles. The van der Waals surface area contributed by atoms with Crippen LogP contribution in [-0.4, -0.2) is 50.4 Å². The second-order valence-corrected chi connectivity index (χ2v) is 9.47. The fourth-order valence-electron chi connectivity index (χ4n) is 4.45. The Morgan fingerprint density at radius 3 is 2.65 bits per heavy atom. The lowest BCUT2D eigenvalue weighted by Gasteiger charge is -2.34. The van der Waals surface area contributed by atoms with E-state index in [2.05, 4.69) is 17.3 Å². The summed E-state index contributed by atoms with van der Waals surface area (Å²) >= 11 is 0. The average molecular weight is 466 g/mol. The summed E-state index contributed by atoms with van der Waals surface area (Å²) in [5.74, 6) is -1.63. The highest BCUT2D eigenvalue weighted by Crippen LogP contribution is 2.35. The third-order valence-electron chi connectivity index (χ3n) is 6.70. The summed E-state index contributed by atoms with van der Waals surface area (Å²) in [5, 5.41) is 18.4. The topological polar surface area (TPSA) is 141 Å². The number of nitrogens with two attached hydrogens (primary N) is 1. The van der Waals surface area contributed by atoms with Gasteiger partial charge in [-0.1, -0.05) is 25.1 Å². The third kappa shape index (κ3) is 3.94. The number of nitrogens with zero attached hydrogens (tertiary/aromatic N) is 3. The van der Waals surface area contributed by atoms with Crippen LogP contribution >= 0.6 is 0 Å². The number of aromatic hydroxyl groups is 1. The molecule has 0 radical (unpaired) electrons. The number of nitrogens with one attached hydrogen (secondary N) is 1. The van der Waals surface area contributed by atoms with Gasteiger partial charge in [-0.05, 0) is 37.2 Å². The molecule has 2 fully saturated rings. The van der Waals surface area contributed by atoms with Crippen molar-refractivity contribution < 1.29 is 19.4 Å². The van der Waals surface area contributed by atoms with Crippen molar-refractivity contribution in [3.8, 4) is 17.1 Å². The minimum absolute atomic E-state index is 0.0130. The molecule has 4 N–H and O–H groups in total. The summed E-state index contributed by atoms with van der Waals surface area (Å²) in [7, 11) is 0. The van der Waals surface area contributed by atoms with Crippen LogP contribution in [0.25, 0.3) is 16.9 Å². The minimum atomic E-state index is -0.721. The number of hydrogen-bond acceptors (Lipinski definition) is 6. The lowest BCUT2D eigenvalue weighted by molar-refractivity contribution is 0.0149. The predicted molar refractivity (Wildman–Crippen MR) is 124 cm³/mol. The molecule has 3 heterocycles. The number of primary amides is 1. The molecule has 2 amide bonds. The first-order valence-electron chi connectivity index (χ1n) is 11.4. The number of amides is 2. The van der Waals surface area contributed by atoms with E-state index in [1.165, 1.54) is 0 Å². The van der Waals surface area contributed by atoms with Crippen molar-refractivity contribution >= 4 is 17.5 Å². The SMILES string of the molecule is CC1(Cn2c(O)c(C(=O)NC3CC3)c(=O)n3nc(-c4ccccc4C(N)=O)cc23)CCOCC1. The third-order valence-corrected chi connectivity index (χ3v) is 6.70. The molecule has 0 unspecified atom stereocenters. The zero-order chi connectivity index (χ0) is 24.0. The first kappa shape index (κ1) is 22.1. The summed E-state index contributed by atoms with van der Waals surface area (Å²) in [6, 6.07) is 8.36. The number of benzene rings is 1. The van der Waals surface area contributed by atoms with E-state index >= 15 is 0 Å². The van der Waals surface area contributed by atoms with Crippen LogP contribution < -0.4 is 16.6 Å². The Morgan fingerprint density at radius 2 is 1.97 bits per heavy atom. The largest absolute Gasteiger partial charge is 0.494 e. The van der Waals surface area contributed by atoms with Gasteiger partial charge in [0.1, 0.15) is 5.65 Å². The molecule has 2 aromatic heterocycles. The molecule has 178 valence electrons. The van der Waals surface area contributed by atoms with Crippen LogP contribution in [0.5, 0.6) is 5.88 Å². The maximum atomic E-state index is 13.3. The summed E-state index contributed by atoms with van der Waals surface area (Å²) in [4.78, 5) is 38.2. The van der Waals surface area contributed by atoms with Crippen LogP contribution in [0.3, 0.4) is 0 Å². The highest BCUT2D eigenvalue weighted by molar-refractivity contribution is 6.00. The number of carbonyl (C=O) groups excluding carboxylic acids is 2. The summed E-state index contributed by atoms with van der Waals surface area (Å²) in [5.41, 5.74) is 5.66. The highest BCUT2D eigenvalue weighted by atomic mass is 16.5. The van der Waals surface area contributed by atoms with E-state index in [4.69, 9.17) is 10.5 Å². The number of aromatic nitrogens is 3. The molecule has 10 nitrogen and oxygen atoms in total. The average Bonchev–Trinajstić information content (AvgIpc) is 3.51. The normalized spacial score (nSPS) is 17.6. The molecular weight excluding hydrogens is 438 g/mol. The smallest absolute Gasteiger partial charge is 0.291 e. The Hall–Kier alpha value is -3.66. The van der Waals surface area contributed by atoms with Gasteiger partial charge < -0.3 is 20.9 Å². The fraction of sp³-hybridized carbons (Fsp3) is 0.417. The Kier molecular flexibility index (Phi) is 5.40. The quantitative estimate of drug-likeness (QED) is 0.506. The Balaban J connectivity index is 1.71. The van der Waals surface area contributed by atoms with Gasteiger partial charge in [0.15, 0.2) is 5.56 Å². The van der Waals surface area contributed by atoms with E-state index in [0.29, 0.717) is 36.7 Å². The summed E-state index contributed by atoms with van der Waals surface area (Å²) in [6.45, 7) is 3.64. The van der Waals surface area contributed by atoms with Gasteiger partial charge in [-0.2, -0.15) is 9.61 Å². The zero-order valence-electron chi connectivity index (χ0n) is 18.9. The highest BCUT2D eigenvalue weighted by Gasteiger charge is 2.33. The Morgan fingerprint density at radius 1 is 1.26 bits per heavy atom. The first-order chi connectivity index (χ1) is 16.3. The van der Waals surface area contributed by atoms with Gasteiger partial charge >= 0.3 is 0 Å². The second kappa shape index (κ2) is 8.28. The molecule has 2 aliphatic rings. The van der Waals surface area contributed by atoms with Gasteiger partial charge in [-0.25, -0.2) is 0 Å². The van der Waals surface area contributed by atoms with Crippen molar-refractivity contribution in [1.82, 2.24) is 19.5 Å². The van der Waals surface area contributed by atoms with E-state index < -0.39 is 23.3 Å². The monoisotopic (exact) mass is 465 g/mol. The van der Waals surface area contributed by atoms with Gasteiger partial charge in [0.2, 0.25) is 11.8 Å². The molecule has 1 aromatic carbocycles. The fourth-order valence-corrected chi connectivity index (χ4v) is 4.45. The van der Waals surface area contributed by atoms with E-state index in [1.54, 1.807) is 34.9 Å². The minimum Gasteiger partial charge on any atom is -0.494 e. The van der Waals surface area contributed by atoms with Gasteiger partial charge in [-0.3, -0.25) is 19.0 Å². The maximum Gasteiger partial charge on any atom is 0.291 e. The molecule has 5 rings (SSSR count). The van der Waals surface area contributed by atoms with Crippen molar-refractivity contribution in [3.63, 3.8) is 0 Å². The van der Waals surface area contributed by atoms with Crippen LogP contribution in [0.1, 0.15) is 53.3 Å². The molecule has 34 heavy (non-hydrogen) atoms. The van der Waals surface area contributed by atoms with Crippen LogP contribution in [0.4, 0.5) is 0 Å². The van der Waals surface area contributed by atoms with Crippen LogP contribution in [0.2, 0.25) is 0 Å². The van der Waals surface area contributed by atoms with E-state index in [9.17, 15) is 19.5 Å². The molecular formula is C24H27N5O5. The Bertz CT molecular complexity index is 1350. The van der Waals surface area contributed by atoms with Gasteiger partial charge in [0.05, 0.1) is 5.69 Å². The van der Waals surface area contributed by atoms with Crippen LogP contribution in [0.15, 0.2) is 35.1 Å². The molecule has 1 aliphatic carbocycles. The lowest BCUT2D eigenvalue weighted by atomic mass is 9.82. The number of fused-ring (bicyclic) bond motifs is 1.